The summed E-state index contributed by atoms with van der Waals surface area (Å²) in [5.74, 6) is 0.414. The Labute approximate surface area is 242 Å². The van der Waals surface area contributed by atoms with Gasteiger partial charge in [-0.1, -0.05) is 24.3 Å². The number of aromatic amines is 1. The van der Waals surface area contributed by atoms with Crippen molar-refractivity contribution < 1.29 is 18.7 Å². The first-order valence-electron chi connectivity index (χ1n) is 13.9. The summed E-state index contributed by atoms with van der Waals surface area (Å²) < 4.78 is 25.7. The maximum absolute atomic E-state index is 14.1. The van der Waals surface area contributed by atoms with E-state index in [0.717, 1.165) is 43.7 Å². The zero-order valence-corrected chi connectivity index (χ0v) is 23.7. The minimum absolute atomic E-state index is 0.0462. The van der Waals surface area contributed by atoms with Crippen LogP contribution in [0.3, 0.4) is 0 Å². The zero-order chi connectivity index (χ0) is 29.6. The van der Waals surface area contributed by atoms with E-state index in [1.807, 2.05) is 12.1 Å². The molecule has 0 atom stereocenters. The summed E-state index contributed by atoms with van der Waals surface area (Å²) in [5.41, 5.74) is 1.20. The van der Waals surface area contributed by atoms with Gasteiger partial charge in [0.25, 0.3) is 11.5 Å². The fourth-order valence-electron chi connectivity index (χ4n) is 5.19. The summed E-state index contributed by atoms with van der Waals surface area (Å²) in [5, 5.41) is 3.25. The molecule has 220 valence electrons. The van der Waals surface area contributed by atoms with E-state index in [1.54, 1.807) is 42.5 Å². The first-order chi connectivity index (χ1) is 20.4. The van der Waals surface area contributed by atoms with Crippen LogP contribution in [0.4, 0.5) is 10.1 Å². The van der Waals surface area contributed by atoms with Gasteiger partial charge in [0.05, 0.1) is 37.4 Å². The number of amides is 1. The molecule has 1 aliphatic rings. The fraction of sp³-hybridized carbons (Fsp3) is 0.323. The number of H-pyrrole nitrogens is 1. The van der Waals surface area contributed by atoms with Crippen LogP contribution >= 0.6 is 0 Å². The number of nitrogens with one attached hydrogen (secondary N) is 2. The Hall–Kier alpha value is -4.64. The SMILES string of the molecule is COc1cc2[nH]c(=O)n(Cc3ccc(C(=O)NCCCN4CCN(c5ccccc5F)CC4)cc3)c(=O)c2cc1OC. The number of aromatic nitrogens is 2. The zero-order valence-electron chi connectivity index (χ0n) is 23.7. The first-order valence-corrected chi connectivity index (χ1v) is 13.9. The molecule has 1 fully saturated rings. The van der Waals surface area contributed by atoms with Gasteiger partial charge in [-0.3, -0.25) is 19.1 Å². The largest absolute Gasteiger partial charge is 0.493 e. The van der Waals surface area contributed by atoms with E-state index >= 15 is 0 Å². The number of ether oxygens (including phenoxy) is 2. The normalized spacial score (nSPS) is 13.7. The predicted molar refractivity (Wildman–Crippen MR) is 159 cm³/mol. The molecule has 2 N–H and O–H groups in total. The molecule has 1 amide bonds. The van der Waals surface area contributed by atoms with Crippen molar-refractivity contribution in [1.29, 1.82) is 0 Å². The van der Waals surface area contributed by atoms with E-state index in [-0.39, 0.29) is 18.3 Å². The number of hydrogen-bond donors (Lipinski definition) is 2. The van der Waals surface area contributed by atoms with Gasteiger partial charge in [-0.05, 0) is 48.9 Å². The molecule has 10 nitrogen and oxygen atoms in total. The molecule has 3 aromatic carbocycles. The number of methoxy groups -OCH3 is 2. The minimum Gasteiger partial charge on any atom is -0.493 e. The number of carbonyl (C=O) groups is 1. The van der Waals surface area contributed by atoms with Gasteiger partial charge >= 0.3 is 5.69 Å². The number of para-hydroxylation sites is 1. The highest BCUT2D eigenvalue weighted by Gasteiger charge is 2.19. The summed E-state index contributed by atoms with van der Waals surface area (Å²) in [6, 6.07) is 16.8. The number of carbonyl (C=O) groups excluding carboxylic acids is 1. The third-order valence-electron chi connectivity index (χ3n) is 7.54. The van der Waals surface area contributed by atoms with Crippen molar-refractivity contribution in [2.24, 2.45) is 0 Å². The van der Waals surface area contributed by atoms with Crippen LogP contribution in [-0.4, -0.2) is 73.8 Å². The average Bonchev–Trinajstić information content (AvgIpc) is 3.01. The van der Waals surface area contributed by atoms with Crippen LogP contribution in [0, 0.1) is 5.82 Å². The highest BCUT2D eigenvalue weighted by Crippen LogP contribution is 2.29. The Balaban J connectivity index is 1.12. The van der Waals surface area contributed by atoms with Gasteiger partial charge in [-0.2, -0.15) is 0 Å². The van der Waals surface area contributed by atoms with Crippen LogP contribution in [0.2, 0.25) is 0 Å². The Kier molecular flexibility index (Phi) is 8.87. The molecule has 1 aromatic heterocycles. The van der Waals surface area contributed by atoms with Crippen molar-refractivity contribution in [3.63, 3.8) is 0 Å². The maximum Gasteiger partial charge on any atom is 0.329 e. The van der Waals surface area contributed by atoms with Crippen molar-refractivity contribution in [1.82, 2.24) is 19.8 Å². The fourth-order valence-corrected chi connectivity index (χ4v) is 5.19. The molecule has 0 radical (unpaired) electrons. The van der Waals surface area contributed by atoms with Crippen LogP contribution in [0.5, 0.6) is 11.5 Å². The highest BCUT2D eigenvalue weighted by atomic mass is 19.1. The van der Waals surface area contributed by atoms with Crippen molar-refractivity contribution >= 4 is 22.5 Å². The molecule has 1 aliphatic heterocycles. The standard InChI is InChI=1S/C31H34FN5O5/c1-41-27-18-23-25(19-28(27)42-2)34-31(40)37(30(23)39)20-21-8-10-22(11-9-21)29(38)33-12-5-13-35-14-16-36(17-15-35)26-7-4-3-6-24(26)32/h3-4,6-11,18-19H,5,12-17,20H2,1-2H3,(H,33,38)(H,34,40). The molecule has 0 saturated carbocycles. The van der Waals surface area contributed by atoms with Gasteiger partial charge < -0.3 is 24.7 Å². The van der Waals surface area contributed by atoms with Gasteiger partial charge in [0.2, 0.25) is 0 Å². The molecule has 4 aromatic rings. The van der Waals surface area contributed by atoms with E-state index < -0.39 is 11.2 Å². The quantitative estimate of drug-likeness (QED) is 0.280. The summed E-state index contributed by atoms with van der Waals surface area (Å²) in [6.07, 6.45) is 0.799. The van der Waals surface area contributed by atoms with Crippen molar-refractivity contribution in [3.05, 3.63) is 98.4 Å². The Bertz CT molecular complexity index is 1680. The minimum atomic E-state index is -0.546. The van der Waals surface area contributed by atoms with Gasteiger partial charge in [-0.25, -0.2) is 9.18 Å². The lowest BCUT2D eigenvalue weighted by Crippen LogP contribution is -2.47. The summed E-state index contributed by atoms with van der Waals surface area (Å²) in [4.78, 5) is 45.6. The molecule has 1 saturated heterocycles. The number of fused-ring (bicyclic) bond motifs is 1. The first kappa shape index (κ1) is 28.9. The summed E-state index contributed by atoms with van der Waals surface area (Å²) in [7, 11) is 2.96. The van der Waals surface area contributed by atoms with Gasteiger partial charge in [0, 0.05) is 44.4 Å². The second kappa shape index (κ2) is 12.9. The van der Waals surface area contributed by atoms with Crippen LogP contribution < -0.4 is 30.9 Å². The van der Waals surface area contributed by atoms with Crippen molar-refractivity contribution in [2.75, 3.05) is 58.4 Å². The number of anilines is 1. The van der Waals surface area contributed by atoms with Gasteiger partial charge in [-0.15, -0.1) is 0 Å². The Morgan fingerprint density at radius 2 is 1.64 bits per heavy atom. The number of rotatable bonds is 10. The van der Waals surface area contributed by atoms with E-state index in [2.05, 4.69) is 20.1 Å². The molecule has 0 spiro atoms. The van der Waals surface area contributed by atoms with Crippen molar-refractivity contribution in [3.8, 4) is 11.5 Å². The molecule has 2 heterocycles. The average molecular weight is 576 g/mol. The number of nitrogens with zero attached hydrogens (tertiary/aromatic N) is 3. The van der Waals surface area contributed by atoms with Crippen LogP contribution in [0.15, 0.2) is 70.3 Å². The van der Waals surface area contributed by atoms with Crippen LogP contribution in [0.1, 0.15) is 22.3 Å². The number of halogens is 1. The molecular weight excluding hydrogens is 541 g/mol. The molecule has 5 rings (SSSR count). The van der Waals surface area contributed by atoms with Crippen molar-refractivity contribution in [2.45, 2.75) is 13.0 Å². The highest BCUT2D eigenvalue weighted by molar-refractivity contribution is 5.94. The maximum atomic E-state index is 14.1. The second-order valence-electron chi connectivity index (χ2n) is 10.2. The number of benzene rings is 3. The van der Waals surface area contributed by atoms with Crippen LogP contribution in [-0.2, 0) is 6.54 Å². The number of piperazine rings is 1. The van der Waals surface area contributed by atoms with Gasteiger partial charge in [0.15, 0.2) is 11.5 Å². The van der Waals surface area contributed by atoms with Gasteiger partial charge in [0.1, 0.15) is 5.82 Å². The van der Waals surface area contributed by atoms with Crippen LogP contribution in [0.25, 0.3) is 10.9 Å². The van der Waals surface area contributed by atoms with E-state index in [4.69, 9.17) is 9.47 Å². The Morgan fingerprint density at radius 3 is 2.33 bits per heavy atom. The van der Waals surface area contributed by atoms with E-state index in [9.17, 15) is 18.8 Å². The molecule has 11 heteroatoms. The molecule has 42 heavy (non-hydrogen) atoms. The lowest BCUT2D eigenvalue weighted by Gasteiger charge is -2.36. The van der Waals surface area contributed by atoms with E-state index in [1.165, 1.54) is 20.3 Å². The lowest BCUT2D eigenvalue weighted by atomic mass is 10.1. The lowest BCUT2D eigenvalue weighted by molar-refractivity contribution is 0.0951. The second-order valence-corrected chi connectivity index (χ2v) is 10.2. The summed E-state index contributed by atoms with van der Waals surface area (Å²) in [6.45, 7) is 4.63. The predicted octanol–water partition coefficient (Wildman–Crippen LogP) is 2.84. The smallest absolute Gasteiger partial charge is 0.329 e. The molecule has 0 bridgehead atoms. The molecular formula is C31H34FN5O5. The monoisotopic (exact) mass is 575 g/mol. The third kappa shape index (κ3) is 6.31. The van der Waals surface area contributed by atoms with E-state index in [0.29, 0.717) is 45.8 Å². The topological polar surface area (TPSA) is 109 Å². The Morgan fingerprint density at radius 1 is 0.952 bits per heavy atom. The molecule has 0 unspecified atom stereocenters. The third-order valence-corrected chi connectivity index (χ3v) is 7.54. The number of hydrogen-bond acceptors (Lipinski definition) is 7. The summed E-state index contributed by atoms with van der Waals surface area (Å²) >= 11 is 0. The molecule has 0 aliphatic carbocycles.